The van der Waals surface area contributed by atoms with Crippen LogP contribution in [0.5, 0.6) is 5.75 Å². The van der Waals surface area contributed by atoms with E-state index in [0.717, 1.165) is 28.8 Å². The summed E-state index contributed by atoms with van der Waals surface area (Å²) in [7, 11) is 3.29. The molecule has 0 saturated carbocycles. The molecule has 1 amide bonds. The third kappa shape index (κ3) is 4.21. The van der Waals surface area contributed by atoms with Crippen LogP contribution < -0.4 is 4.74 Å². The first-order valence-electron chi connectivity index (χ1n) is 8.56. The lowest BCUT2D eigenvalue weighted by Gasteiger charge is -2.21. The Labute approximate surface area is 152 Å². The van der Waals surface area contributed by atoms with E-state index < -0.39 is 0 Å². The number of hydrogen-bond donors (Lipinski definition) is 1. The molecule has 1 N–H and O–H groups in total. The molecule has 3 rings (SSSR count). The topological polar surface area (TPSA) is 67.4 Å². The molecule has 26 heavy (non-hydrogen) atoms. The molecule has 0 aliphatic carbocycles. The number of fused-ring (bicyclic) bond motifs is 1. The molecule has 0 unspecified atom stereocenters. The number of H-pyrrole nitrogens is 1. The van der Waals surface area contributed by atoms with Crippen molar-refractivity contribution in [1.29, 1.82) is 0 Å². The average Bonchev–Trinajstić information content (AvgIpc) is 3.10. The number of hydrogen-bond acceptors (Lipinski definition) is 4. The summed E-state index contributed by atoms with van der Waals surface area (Å²) in [6.45, 7) is 1.67. The van der Waals surface area contributed by atoms with Crippen LogP contribution >= 0.6 is 0 Å². The number of carbonyl (C=O) groups excluding carboxylic acids is 1. The van der Waals surface area contributed by atoms with Crippen molar-refractivity contribution in [3.05, 3.63) is 60.0 Å². The molecule has 2 aromatic heterocycles. The molecule has 0 atom stereocenters. The monoisotopic (exact) mass is 353 g/mol. The minimum atomic E-state index is -0.0538. The second-order valence-corrected chi connectivity index (χ2v) is 6.03. The highest BCUT2D eigenvalue weighted by Crippen LogP contribution is 2.22. The number of carbonyl (C=O) groups is 1. The molecule has 0 bridgehead atoms. The van der Waals surface area contributed by atoms with Crippen LogP contribution in [0.4, 0.5) is 0 Å². The lowest BCUT2D eigenvalue weighted by atomic mass is 10.2. The molecular formula is C20H23N3O3. The molecule has 0 aliphatic rings. The van der Waals surface area contributed by atoms with Crippen molar-refractivity contribution in [2.45, 2.75) is 13.0 Å². The third-order valence-electron chi connectivity index (χ3n) is 4.20. The molecule has 0 aliphatic heterocycles. The van der Waals surface area contributed by atoms with Gasteiger partial charge in [0.2, 0.25) is 0 Å². The van der Waals surface area contributed by atoms with Crippen LogP contribution in [0.2, 0.25) is 0 Å². The quantitative estimate of drug-likeness (QED) is 0.631. The van der Waals surface area contributed by atoms with E-state index in [0.29, 0.717) is 25.4 Å². The fourth-order valence-corrected chi connectivity index (χ4v) is 2.86. The van der Waals surface area contributed by atoms with E-state index >= 15 is 0 Å². The van der Waals surface area contributed by atoms with E-state index in [-0.39, 0.29) is 5.91 Å². The van der Waals surface area contributed by atoms with Gasteiger partial charge in [0.25, 0.3) is 5.91 Å². The van der Waals surface area contributed by atoms with E-state index in [1.54, 1.807) is 25.3 Å². The van der Waals surface area contributed by atoms with E-state index in [1.165, 1.54) is 0 Å². The van der Waals surface area contributed by atoms with Crippen molar-refractivity contribution in [2.24, 2.45) is 0 Å². The molecule has 3 aromatic rings. The van der Waals surface area contributed by atoms with E-state index in [2.05, 4.69) is 9.97 Å². The van der Waals surface area contributed by atoms with Gasteiger partial charge in [0.1, 0.15) is 11.4 Å². The number of nitrogens with zero attached hydrogens (tertiary/aromatic N) is 2. The van der Waals surface area contributed by atoms with Crippen LogP contribution in [0.15, 0.2) is 48.7 Å². The second-order valence-electron chi connectivity index (χ2n) is 6.03. The highest BCUT2D eigenvalue weighted by atomic mass is 16.5. The molecule has 136 valence electrons. The number of aromatic amines is 1. The summed E-state index contributed by atoms with van der Waals surface area (Å²) in [6.07, 6.45) is 2.51. The molecule has 6 nitrogen and oxygen atoms in total. The summed E-state index contributed by atoms with van der Waals surface area (Å²) >= 11 is 0. The molecular weight excluding hydrogens is 330 g/mol. The maximum absolute atomic E-state index is 13.1. The van der Waals surface area contributed by atoms with Crippen molar-refractivity contribution in [3.8, 4) is 5.75 Å². The van der Waals surface area contributed by atoms with E-state index in [1.807, 2.05) is 42.5 Å². The summed E-state index contributed by atoms with van der Waals surface area (Å²) in [5.41, 5.74) is 2.29. The molecule has 0 fully saturated rings. The van der Waals surface area contributed by atoms with Gasteiger partial charge in [-0.15, -0.1) is 0 Å². The zero-order chi connectivity index (χ0) is 18.4. The summed E-state index contributed by atoms with van der Waals surface area (Å²) in [5, 5.41) is 0.976. The lowest BCUT2D eigenvalue weighted by Crippen LogP contribution is -2.32. The third-order valence-corrected chi connectivity index (χ3v) is 4.20. The number of nitrogens with one attached hydrogen (secondary N) is 1. The van der Waals surface area contributed by atoms with Gasteiger partial charge >= 0.3 is 0 Å². The Hall–Kier alpha value is -2.86. The van der Waals surface area contributed by atoms with Gasteiger partial charge in [-0.2, -0.15) is 0 Å². The highest BCUT2D eigenvalue weighted by Gasteiger charge is 2.18. The van der Waals surface area contributed by atoms with Crippen molar-refractivity contribution < 1.29 is 14.3 Å². The van der Waals surface area contributed by atoms with Gasteiger partial charge in [-0.05, 0) is 36.8 Å². The van der Waals surface area contributed by atoms with Crippen LogP contribution in [0.25, 0.3) is 10.9 Å². The smallest absolute Gasteiger partial charge is 0.270 e. The van der Waals surface area contributed by atoms with Crippen molar-refractivity contribution >= 4 is 16.8 Å². The van der Waals surface area contributed by atoms with Crippen molar-refractivity contribution in [1.82, 2.24) is 14.9 Å². The molecule has 6 heteroatoms. The Balaban J connectivity index is 1.83. The molecule has 1 aromatic carbocycles. The predicted octanol–water partition coefficient (Wildman–Crippen LogP) is 3.25. The summed E-state index contributed by atoms with van der Waals surface area (Å²) in [4.78, 5) is 22.4. The van der Waals surface area contributed by atoms with Gasteiger partial charge in [-0.3, -0.25) is 9.78 Å². The fraction of sp³-hybridized carbons (Fsp3) is 0.300. The van der Waals surface area contributed by atoms with Crippen LogP contribution in [-0.4, -0.2) is 48.1 Å². The Morgan fingerprint density at radius 3 is 2.81 bits per heavy atom. The number of pyridine rings is 1. The standard InChI is InChI=1S/C20H23N3O3/c1-25-11-5-10-23(14-16-6-3-4-9-21-16)20(24)19-12-15-7-8-17(26-2)13-18(15)22-19/h3-4,6-9,12-13,22H,5,10-11,14H2,1-2H3. The lowest BCUT2D eigenvalue weighted by molar-refractivity contribution is 0.0716. The van der Waals surface area contributed by atoms with Crippen LogP contribution in [0.1, 0.15) is 22.6 Å². The van der Waals surface area contributed by atoms with Gasteiger partial charge < -0.3 is 19.4 Å². The van der Waals surface area contributed by atoms with Crippen LogP contribution in [0.3, 0.4) is 0 Å². The number of methoxy groups -OCH3 is 2. The minimum absolute atomic E-state index is 0.0538. The van der Waals surface area contributed by atoms with E-state index in [4.69, 9.17) is 9.47 Å². The number of benzene rings is 1. The zero-order valence-corrected chi connectivity index (χ0v) is 15.1. The number of ether oxygens (including phenoxy) is 2. The Morgan fingerprint density at radius 2 is 2.08 bits per heavy atom. The molecule has 2 heterocycles. The maximum atomic E-state index is 13.1. The van der Waals surface area contributed by atoms with Gasteiger partial charge in [-0.1, -0.05) is 6.07 Å². The Morgan fingerprint density at radius 1 is 1.19 bits per heavy atom. The molecule has 0 saturated heterocycles. The van der Waals surface area contributed by atoms with Gasteiger partial charge in [0.15, 0.2) is 0 Å². The van der Waals surface area contributed by atoms with Crippen molar-refractivity contribution in [2.75, 3.05) is 27.4 Å². The molecule has 0 radical (unpaired) electrons. The maximum Gasteiger partial charge on any atom is 0.270 e. The number of aromatic nitrogens is 2. The van der Waals surface area contributed by atoms with Crippen molar-refractivity contribution in [3.63, 3.8) is 0 Å². The number of amides is 1. The highest BCUT2D eigenvalue weighted by molar-refractivity contribution is 5.98. The van der Waals surface area contributed by atoms with Crippen LogP contribution in [0, 0.1) is 0 Å². The zero-order valence-electron chi connectivity index (χ0n) is 15.1. The Kier molecular flexibility index (Phi) is 5.86. The van der Waals surface area contributed by atoms with Crippen LogP contribution in [-0.2, 0) is 11.3 Å². The second kappa shape index (κ2) is 8.49. The number of rotatable bonds is 8. The normalized spacial score (nSPS) is 10.8. The summed E-state index contributed by atoms with van der Waals surface area (Å²) in [5.74, 6) is 0.700. The summed E-state index contributed by atoms with van der Waals surface area (Å²) in [6, 6.07) is 13.3. The van der Waals surface area contributed by atoms with Gasteiger partial charge in [0, 0.05) is 43.4 Å². The SMILES string of the molecule is COCCCN(Cc1ccccn1)C(=O)c1cc2ccc(OC)cc2[nH]1. The summed E-state index contributed by atoms with van der Waals surface area (Å²) < 4.78 is 10.4. The molecule has 0 spiro atoms. The largest absolute Gasteiger partial charge is 0.497 e. The first kappa shape index (κ1) is 17.9. The fourth-order valence-electron chi connectivity index (χ4n) is 2.86. The first-order chi connectivity index (χ1) is 12.7. The van der Waals surface area contributed by atoms with E-state index in [9.17, 15) is 4.79 Å². The average molecular weight is 353 g/mol. The first-order valence-corrected chi connectivity index (χ1v) is 8.56. The minimum Gasteiger partial charge on any atom is -0.497 e. The van der Waals surface area contributed by atoms with Gasteiger partial charge in [0.05, 0.1) is 19.3 Å². The Bertz CT molecular complexity index is 861. The van der Waals surface area contributed by atoms with Gasteiger partial charge in [-0.25, -0.2) is 0 Å². The predicted molar refractivity (Wildman–Crippen MR) is 100 cm³/mol.